The summed E-state index contributed by atoms with van der Waals surface area (Å²) in [6.07, 6.45) is 1.35. The number of carbonyl (C=O) groups excluding carboxylic acids is 1. The van der Waals surface area contributed by atoms with Crippen molar-refractivity contribution in [2.45, 2.75) is 6.54 Å². The monoisotopic (exact) mass is 419 g/mol. The minimum atomic E-state index is -0.498. The van der Waals surface area contributed by atoms with Crippen molar-refractivity contribution in [2.75, 3.05) is 5.32 Å². The van der Waals surface area contributed by atoms with E-state index in [9.17, 15) is 14.0 Å². The molecule has 9 heteroatoms. The molecule has 0 fully saturated rings. The van der Waals surface area contributed by atoms with Gasteiger partial charge < -0.3 is 5.32 Å². The van der Waals surface area contributed by atoms with E-state index < -0.39 is 11.7 Å². The van der Waals surface area contributed by atoms with Crippen LogP contribution in [0.2, 0.25) is 5.02 Å². The summed E-state index contributed by atoms with van der Waals surface area (Å²) in [6, 6.07) is 7.52. The first-order valence-corrected chi connectivity index (χ1v) is 9.92. The molecule has 0 aliphatic rings. The van der Waals surface area contributed by atoms with Crippen molar-refractivity contribution in [1.29, 1.82) is 0 Å². The van der Waals surface area contributed by atoms with Gasteiger partial charge in [-0.05, 0) is 29.6 Å². The molecule has 0 aliphatic carbocycles. The highest BCUT2D eigenvalue weighted by Crippen LogP contribution is 2.33. The number of nitrogens with one attached hydrogen (secondary N) is 1. The van der Waals surface area contributed by atoms with Gasteiger partial charge in [0, 0.05) is 15.8 Å². The Bertz CT molecular complexity index is 1200. The van der Waals surface area contributed by atoms with Crippen molar-refractivity contribution in [3.63, 3.8) is 0 Å². The molecule has 0 saturated carbocycles. The Morgan fingerprint density at radius 2 is 2.15 bits per heavy atom. The first kappa shape index (κ1) is 17.8. The molecule has 0 spiro atoms. The van der Waals surface area contributed by atoms with Gasteiger partial charge in [-0.1, -0.05) is 17.7 Å². The van der Waals surface area contributed by atoms with Crippen molar-refractivity contribution < 1.29 is 9.18 Å². The lowest BCUT2D eigenvalue weighted by Gasteiger charge is -2.09. The molecule has 136 valence electrons. The van der Waals surface area contributed by atoms with Crippen LogP contribution in [0.25, 0.3) is 20.7 Å². The topological polar surface area (TPSA) is 64.0 Å². The Balaban J connectivity index is 1.64. The number of carbonyl (C=O) groups is 1. The molecular weight excluding hydrogens is 409 g/mol. The van der Waals surface area contributed by atoms with Crippen LogP contribution in [0.5, 0.6) is 0 Å². The maximum atomic E-state index is 13.1. The van der Waals surface area contributed by atoms with Gasteiger partial charge in [0.05, 0.1) is 22.4 Å². The lowest BCUT2D eigenvalue weighted by Crippen LogP contribution is -2.27. The van der Waals surface area contributed by atoms with Crippen LogP contribution in [0.15, 0.2) is 52.2 Å². The number of nitrogens with zero attached hydrogens (tertiary/aromatic N) is 2. The first-order chi connectivity index (χ1) is 13.0. The molecular formula is C18H11ClFN3O2S2. The summed E-state index contributed by atoms with van der Waals surface area (Å²) < 4.78 is 14.4. The number of hydrogen-bond acceptors (Lipinski definition) is 5. The van der Waals surface area contributed by atoms with E-state index in [1.807, 2.05) is 22.9 Å². The van der Waals surface area contributed by atoms with E-state index in [1.165, 1.54) is 45.7 Å². The minimum Gasteiger partial charge on any atom is -0.323 e. The highest BCUT2D eigenvalue weighted by molar-refractivity contribution is 7.18. The first-order valence-electron chi connectivity index (χ1n) is 7.78. The van der Waals surface area contributed by atoms with Crippen LogP contribution < -0.4 is 10.9 Å². The summed E-state index contributed by atoms with van der Waals surface area (Å²) in [5.74, 6) is -0.956. The molecule has 0 unspecified atom stereocenters. The summed E-state index contributed by atoms with van der Waals surface area (Å²) in [7, 11) is 0. The predicted molar refractivity (Wildman–Crippen MR) is 107 cm³/mol. The fraction of sp³-hybridized carbons (Fsp3) is 0.0556. The fourth-order valence-corrected chi connectivity index (χ4v) is 4.56. The van der Waals surface area contributed by atoms with Crippen molar-refractivity contribution in [3.8, 4) is 10.4 Å². The van der Waals surface area contributed by atoms with E-state index in [2.05, 4.69) is 10.3 Å². The minimum absolute atomic E-state index is 0.0853. The molecule has 3 heterocycles. The standard InChI is InChI=1S/C18H11ClFN3O2S2/c19-12-6-10(20)3-4-13(12)22-15(24)7-23-9-21-17-16(18(23)25)11(8-27-17)14-2-1-5-26-14/h1-6,8-9H,7H2,(H,22,24). The van der Waals surface area contributed by atoms with E-state index in [1.54, 1.807) is 0 Å². The van der Waals surface area contributed by atoms with Gasteiger partial charge in [-0.25, -0.2) is 9.37 Å². The molecule has 0 bridgehead atoms. The number of fused-ring (bicyclic) bond motifs is 1. The molecule has 0 aliphatic heterocycles. The smallest absolute Gasteiger partial charge is 0.263 e. The zero-order chi connectivity index (χ0) is 19.0. The molecule has 3 aromatic heterocycles. The number of halogens is 2. The molecule has 5 nitrogen and oxygen atoms in total. The molecule has 0 radical (unpaired) electrons. The van der Waals surface area contributed by atoms with Crippen LogP contribution in [0.1, 0.15) is 0 Å². The number of thiophene rings is 2. The second-order valence-corrected chi connectivity index (χ2v) is 7.87. The van der Waals surface area contributed by atoms with Gasteiger partial charge in [0.25, 0.3) is 5.56 Å². The average molecular weight is 420 g/mol. The molecule has 4 rings (SSSR count). The van der Waals surface area contributed by atoms with E-state index in [4.69, 9.17) is 11.6 Å². The maximum Gasteiger partial charge on any atom is 0.263 e. The number of benzene rings is 1. The van der Waals surface area contributed by atoms with Gasteiger partial charge in [-0.15, -0.1) is 22.7 Å². The summed E-state index contributed by atoms with van der Waals surface area (Å²) >= 11 is 8.84. The second kappa shape index (κ2) is 7.22. The number of aromatic nitrogens is 2. The van der Waals surface area contributed by atoms with Crippen LogP contribution in [-0.4, -0.2) is 15.5 Å². The number of anilines is 1. The van der Waals surface area contributed by atoms with Gasteiger partial charge in [-0.2, -0.15) is 0 Å². The highest BCUT2D eigenvalue weighted by Gasteiger charge is 2.15. The van der Waals surface area contributed by atoms with E-state index in [0.29, 0.717) is 10.2 Å². The van der Waals surface area contributed by atoms with Crippen molar-refractivity contribution in [1.82, 2.24) is 9.55 Å². The molecule has 1 amide bonds. The van der Waals surface area contributed by atoms with Crippen LogP contribution in [0.3, 0.4) is 0 Å². The lowest BCUT2D eigenvalue weighted by molar-refractivity contribution is -0.116. The molecule has 1 aromatic carbocycles. The molecule has 0 saturated heterocycles. The summed E-state index contributed by atoms with van der Waals surface area (Å²) in [5.41, 5.74) is 0.809. The van der Waals surface area contributed by atoms with Crippen LogP contribution in [0, 0.1) is 5.82 Å². The molecule has 4 aromatic rings. The number of amides is 1. The van der Waals surface area contributed by atoms with E-state index >= 15 is 0 Å². The zero-order valence-electron chi connectivity index (χ0n) is 13.6. The van der Waals surface area contributed by atoms with Gasteiger partial charge in [0.2, 0.25) is 5.91 Å². The Kier molecular flexibility index (Phi) is 4.77. The lowest BCUT2D eigenvalue weighted by atomic mass is 10.2. The van der Waals surface area contributed by atoms with Crippen LogP contribution >= 0.6 is 34.3 Å². The van der Waals surface area contributed by atoms with Gasteiger partial charge >= 0.3 is 0 Å². The van der Waals surface area contributed by atoms with Crippen LogP contribution in [-0.2, 0) is 11.3 Å². The Morgan fingerprint density at radius 3 is 2.89 bits per heavy atom. The number of rotatable bonds is 4. The molecule has 0 atom stereocenters. The Hall–Kier alpha value is -2.55. The van der Waals surface area contributed by atoms with E-state index in [0.717, 1.165) is 16.5 Å². The second-order valence-electron chi connectivity index (χ2n) is 5.66. The third kappa shape index (κ3) is 3.51. The van der Waals surface area contributed by atoms with Crippen LogP contribution in [0.4, 0.5) is 10.1 Å². The molecule has 1 N–H and O–H groups in total. The maximum absolute atomic E-state index is 13.1. The average Bonchev–Trinajstić information content (AvgIpc) is 3.29. The quantitative estimate of drug-likeness (QED) is 0.525. The summed E-state index contributed by atoms with van der Waals surface area (Å²) in [4.78, 5) is 31.1. The highest BCUT2D eigenvalue weighted by atomic mass is 35.5. The third-order valence-corrected chi connectivity index (χ3v) is 5.97. The largest absolute Gasteiger partial charge is 0.323 e. The van der Waals surface area contributed by atoms with Crippen molar-refractivity contribution >= 4 is 56.1 Å². The van der Waals surface area contributed by atoms with Gasteiger partial charge in [0.15, 0.2) is 0 Å². The summed E-state index contributed by atoms with van der Waals surface area (Å²) in [5, 5.41) is 6.99. The third-order valence-electron chi connectivity index (χ3n) is 3.87. The van der Waals surface area contributed by atoms with Gasteiger partial charge in [0.1, 0.15) is 17.2 Å². The Morgan fingerprint density at radius 1 is 1.30 bits per heavy atom. The van der Waals surface area contributed by atoms with Crippen molar-refractivity contribution in [2.24, 2.45) is 0 Å². The van der Waals surface area contributed by atoms with Crippen molar-refractivity contribution in [3.05, 3.63) is 68.6 Å². The zero-order valence-corrected chi connectivity index (χ0v) is 16.0. The predicted octanol–water partition coefficient (Wildman–Crippen LogP) is 4.62. The van der Waals surface area contributed by atoms with E-state index in [-0.39, 0.29) is 22.8 Å². The Labute approximate surface area is 165 Å². The fourth-order valence-electron chi connectivity index (χ4n) is 2.63. The summed E-state index contributed by atoms with van der Waals surface area (Å²) in [6.45, 7) is -0.227. The normalized spacial score (nSPS) is 11.0. The van der Waals surface area contributed by atoms with Gasteiger partial charge in [-0.3, -0.25) is 14.2 Å². The SMILES string of the molecule is O=C(Cn1cnc2scc(-c3cccs3)c2c1=O)Nc1ccc(F)cc1Cl. The molecule has 27 heavy (non-hydrogen) atoms. The number of hydrogen-bond donors (Lipinski definition) is 1.